The third kappa shape index (κ3) is 5.01. The summed E-state index contributed by atoms with van der Waals surface area (Å²) in [6, 6.07) is 0. The van der Waals surface area contributed by atoms with E-state index in [1.54, 1.807) is 0 Å². The fourth-order valence-electron chi connectivity index (χ4n) is 2.00. The SMILES string of the molecule is CCOCCOCC(=O)NC1(CC(=O)O)CCC1. The molecule has 18 heavy (non-hydrogen) atoms. The van der Waals surface area contributed by atoms with Gasteiger partial charge in [0, 0.05) is 6.61 Å². The number of amides is 1. The van der Waals surface area contributed by atoms with E-state index in [-0.39, 0.29) is 18.9 Å². The number of nitrogens with one attached hydrogen (secondary N) is 1. The van der Waals surface area contributed by atoms with E-state index in [2.05, 4.69) is 5.32 Å². The molecule has 0 aromatic rings. The van der Waals surface area contributed by atoms with E-state index in [0.717, 1.165) is 19.3 Å². The third-order valence-corrected chi connectivity index (χ3v) is 3.01. The van der Waals surface area contributed by atoms with Crippen LogP contribution in [0.3, 0.4) is 0 Å². The van der Waals surface area contributed by atoms with Crippen molar-refractivity contribution in [2.45, 2.75) is 38.1 Å². The molecular weight excluding hydrogens is 238 g/mol. The molecule has 0 aromatic heterocycles. The van der Waals surface area contributed by atoms with Crippen molar-refractivity contribution in [1.29, 1.82) is 0 Å². The van der Waals surface area contributed by atoms with Gasteiger partial charge < -0.3 is 19.9 Å². The molecule has 1 amide bonds. The van der Waals surface area contributed by atoms with Crippen LogP contribution in [0.2, 0.25) is 0 Å². The van der Waals surface area contributed by atoms with Crippen LogP contribution in [0.25, 0.3) is 0 Å². The normalized spacial score (nSPS) is 16.9. The zero-order chi connectivity index (χ0) is 13.4. The van der Waals surface area contributed by atoms with Gasteiger partial charge >= 0.3 is 5.97 Å². The molecule has 1 rings (SSSR count). The van der Waals surface area contributed by atoms with Crippen LogP contribution in [0, 0.1) is 0 Å². The number of hydrogen-bond donors (Lipinski definition) is 2. The van der Waals surface area contributed by atoms with Gasteiger partial charge in [0.1, 0.15) is 6.61 Å². The molecular formula is C12H21NO5. The monoisotopic (exact) mass is 259 g/mol. The second kappa shape index (κ2) is 7.33. The molecule has 0 spiro atoms. The van der Waals surface area contributed by atoms with Gasteiger partial charge in [-0.25, -0.2) is 0 Å². The fourth-order valence-corrected chi connectivity index (χ4v) is 2.00. The highest BCUT2D eigenvalue weighted by Crippen LogP contribution is 2.34. The number of carbonyl (C=O) groups excluding carboxylic acids is 1. The number of ether oxygens (including phenoxy) is 2. The van der Waals surface area contributed by atoms with Crippen LogP contribution in [-0.4, -0.2) is 48.9 Å². The predicted octanol–water partition coefficient (Wildman–Crippen LogP) is 0.553. The third-order valence-electron chi connectivity index (χ3n) is 3.01. The first-order chi connectivity index (χ1) is 8.58. The van der Waals surface area contributed by atoms with Crippen LogP contribution in [0.4, 0.5) is 0 Å². The van der Waals surface area contributed by atoms with Crippen molar-refractivity contribution in [3.8, 4) is 0 Å². The second-order valence-electron chi connectivity index (χ2n) is 4.50. The number of carboxylic acids is 1. The molecule has 1 fully saturated rings. The molecule has 0 aromatic carbocycles. The Balaban J connectivity index is 2.19. The minimum absolute atomic E-state index is 0.0162. The number of aliphatic carboxylic acids is 1. The highest BCUT2D eigenvalue weighted by atomic mass is 16.5. The topological polar surface area (TPSA) is 84.9 Å². The zero-order valence-corrected chi connectivity index (χ0v) is 10.7. The first-order valence-electron chi connectivity index (χ1n) is 6.26. The Labute approximate surface area is 107 Å². The molecule has 1 saturated carbocycles. The molecule has 0 heterocycles. The van der Waals surface area contributed by atoms with Crippen molar-refractivity contribution in [1.82, 2.24) is 5.32 Å². The first-order valence-corrected chi connectivity index (χ1v) is 6.26. The van der Waals surface area contributed by atoms with Crippen LogP contribution in [0.15, 0.2) is 0 Å². The summed E-state index contributed by atoms with van der Waals surface area (Å²) < 4.78 is 10.2. The van der Waals surface area contributed by atoms with Gasteiger partial charge in [-0.3, -0.25) is 9.59 Å². The maximum absolute atomic E-state index is 11.6. The van der Waals surface area contributed by atoms with E-state index in [0.29, 0.717) is 19.8 Å². The lowest BCUT2D eigenvalue weighted by atomic mass is 9.74. The van der Waals surface area contributed by atoms with Crippen LogP contribution in [-0.2, 0) is 19.1 Å². The van der Waals surface area contributed by atoms with Crippen LogP contribution >= 0.6 is 0 Å². The lowest BCUT2D eigenvalue weighted by molar-refractivity contribution is -0.141. The quantitative estimate of drug-likeness (QED) is 0.591. The maximum Gasteiger partial charge on any atom is 0.305 e. The predicted molar refractivity (Wildman–Crippen MR) is 64.3 cm³/mol. The smallest absolute Gasteiger partial charge is 0.305 e. The maximum atomic E-state index is 11.6. The van der Waals surface area contributed by atoms with E-state index >= 15 is 0 Å². The summed E-state index contributed by atoms with van der Waals surface area (Å²) in [6.07, 6.45) is 2.39. The second-order valence-corrected chi connectivity index (χ2v) is 4.50. The molecule has 1 aliphatic rings. The lowest BCUT2D eigenvalue weighted by Crippen LogP contribution is -2.55. The standard InChI is InChI=1S/C12H21NO5/c1-2-17-6-7-18-9-10(14)13-12(4-3-5-12)8-11(15)16/h2-9H2,1H3,(H,13,14)(H,15,16). The van der Waals surface area contributed by atoms with Crippen molar-refractivity contribution in [2.24, 2.45) is 0 Å². The van der Waals surface area contributed by atoms with Crippen molar-refractivity contribution >= 4 is 11.9 Å². The Kier molecular flexibility index (Phi) is 6.07. The van der Waals surface area contributed by atoms with Crippen molar-refractivity contribution in [3.05, 3.63) is 0 Å². The molecule has 0 atom stereocenters. The molecule has 1 aliphatic carbocycles. The number of carboxylic acid groups (broad SMARTS) is 1. The van der Waals surface area contributed by atoms with Crippen LogP contribution in [0.1, 0.15) is 32.6 Å². The van der Waals surface area contributed by atoms with Gasteiger partial charge in [0.2, 0.25) is 5.91 Å². The average Bonchev–Trinajstić information content (AvgIpc) is 2.25. The summed E-state index contributed by atoms with van der Waals surface area (Å²) in [5, 5.41) is 11.6. The average molecular weight is 259 g/mol. The molecule has 2 N–H and O–H groups in total. The summed E-state index contributed by atoms with van der Waals surface area (Å²) in [6.45, 7) is 3.29. The van der Waals surface area contributed by atoms with Crippen molar-refractivity contribution < 1.29 is 24.2 Å². The summed E-state index contributed by atoms with van der Waals surface area (Å²) in [7, 11) is 0. The van der Waals surface area contributed by atoms with E-state index in [1.807, 2.05) is 6.92 Å². The van der Waals surface area contributed by atoms with Gasteiger partial charge in [-0.1, -0.05) is 0 Å². The zero-order valence-electron chi connectivity index (χ0n) is 10.7. The first kappa shape index (κ1) is 14.9. The highest BCUT2D eigenvalue weighted by Gasteiger charge is 2.40. The Morgan fingerprint density at radius 3 is 2.44 bits per heavy atom. The van der Waals surface area contributed by atoms with E-state index in [9.17, 15) is 9.59 Å². The summed E-state index contributed by atoms with van der Waals surface area (Å²) >= 11 is 0. The Bertz CT molecular complexity index is 288. The summed E-state index contributed by atoms with van der Waals surface area (Å²) in [5.74, 6) is -1.14. The van der Waals surface area contributed by atoms with E-state index in [4.69, 9.17) is 14.6 Å². The Morgan fingerprint density at radius 2 is 1.94 bits per heavy atom. The van der Waals surface area contributed by atoms with E-state index in [1.165, 1.54) is 0 Å². The van der Waals surface area contributed by atoms with Gasteiger partial charge in [0.05, 0.1) is 25.2 Å². The summed E-state index contributed by atoms with van der Waals surface area (Å²) in [4.78, 5) is 22.3. The Morgan fingerprint density at radius 1 is 1.28 bits per heavy atom. The molecule has 6 heteroatoms. The number of hydrogen-bond acceptors (Lipinski definition) is 4. The molecule has 0 bridgehead atoms. The van der Waals surface area contributed by atoms with Gasteiger partial charge in [0.15, 0.2) is 0 Å². The molecule has 0 radical (unpaired) electrons. The lowest BCUT2D eigenvalue weighted by Gasteiger charge is -2.41. The van der Waals surface area contributed by atoms with Crippen LogP contribution in [0.5, 0.6) is 0 Å². The van der Waals surface area contributed by atoms with Gasteiger partial charge in [-0.2, -0.15) is 0 Å². The largest absolute Gasteiger partial charge is 0.481 e. The minimum atomic E-state index is -0.882. The molecule has 0 saturated heterocycles. The van der Waals surface area contributed by atoms with Crippen molar-refractivity contribution in [3.63, 3.8) is 0 Å². The molecule has 104 valence electrons. The van der Waals surface area contributed by atoms with Gasteiger partial charge in [0.25, 0.3) is 0 Å². The van der Waals surface area contributed by atoms with Gasteiger partial charge in [-0.15, -0.1) is 0 Å². The van der Waals surface area contributed by atoms with Crippen LogP contribution < -0.4 is 5.32 Å². The fraction of sp³-hybridized carbons (Fsp3) is 0.833. The molecule has 0 unspecified atom stereocenters. The summed E-state index contributed by atoms with van der Waals surface area (Å²) in [5.41, 5.74) is -0.549. The number of rotatable bonds is 9. The minimum Gasteiger partial charge on any atom is -0.481 e. The van der Waals surface area contributed by atoms with E-state index < -0.39 is 11.5 Å². The van der Waals surface area contributed by atoms with Gasteiger partial charge in [-0.05, 0) is 26.2 Å². The molecule has 6 nitrogen and oxygen atoms in total. The van der Waals surface area contributed by atoms with Crippen molar-refractivity contribution in [2.75, 3.05) is 26.4 Å². The highest BCUT2D eigenvalue weighted by molar-refractivity contribution is 5.79. The Hall–Kier alpha value is -1.14. The number of carbonyl (C=O) groups is 2. The molecule has 0 aliphatic heterocycles.